The van der Waals surface area contributed by atoms with Gasteiger partial charge in [-0.1, -0.05) is 18.9 Å². The molecule has 0 aromatic heterocycles. The van der Waals surface area contributed by atoms with E-state index in [4.69, 9.17) is 14.2 Å². The summed E-state index contributed by atoms with van der Waals surface area (Å²) >= 11 is 0. The van der Waals surface area contributed by atoms with Crippen LogP contribution in [0.2, 0.25) is 0 Å². The molecule has 3 fully saturated rings. The first-order chi connectivity index (χ1) is 13.2. The molecule has 3 atom stereocenters. The van der Waals surface area contributed by atoms with E-state index < -0.39 is 0 Å². The Kier molecular flexibility index (Phi) is 5.66. The van der Waals surface area contributed by atoms with E-state index in [0.717, 1.165) is 30.6 Å². The maximum absolute atomic E-state index is 6.11. The van der Waals surface area contributed by atoms with Gasteiger partial charge in [0.05, 0.1) is 6.10 Å². The summed E-state index contributed by atoms with van der Waals surface area (Å²) in [6, 6.07) is 6.64. The van der Waals surface area contributed by atoms with Crippen LogP contribution in [0.4, 0.5) is 0 Å². The van der Waals surface area contributed by atoms with Gasteiger partial charge in [-0.3, -0.25) is 4.99 Å². The van der Waals surface area contributed by atoms with E-state index in [2.05, 4.69) is 34.4 Å². The van der Waals surface area contributed by atoms with Crippen molar-refractivity contribution in [2.75, 3.05) is 27.5 Å². The highest BCUT2D eigenvalue weighted by molar-refractivity contribution is 14.0. The number of hydrogen-bond donors (Lipinski definition) is 1. The van der Waals surface area contributed by atoms with E-state index in [-0.39, 0.29) is 24.0 Å². The fourth-order valence-electron chi connectivity index (χ4n) is 5.78. The van der Waals surface area contributed by atoms with E-state index in [1.54, 1.807) is 0 Å². The van der Waals surface area contributed by atoms with Crippen LogP contribution in [-0.4, -0.2) is 50.5 Å². The summed E-state index contributed by atoms with van der Waals surface area (Å²) in [4.78, 5) is 6.78. The Labute approximate surface area is 184 Å². The smallest absolute Gasteiger partial charge is 0.231 e. The van der Waals surface area contributed by atoms with Gasteiger partial charge in [0.1, 0.15) is 0 Å². The van der Waals surface area contributed by atoms with Crippen LogP contribution in [0, 0.1) is 11.3 Å². The van der Waals surface area contributed by atoms with Gasteiger partial charge in [0, 0.05) is 44.6 Å². The maximum atomic E-state index is 6.11. The lowest BCUT2D eigenvalue weighted by Crippen LogP contribution is -2.69. The molecule has 1 N–H and O–H groups in total. The Morgan fingerprint density at radius 3 is 2.82 bits per heavy atom. The number of rotatable bonds is 3. The maximum Gasteiger partial charge on any atom is 0.231 e. The molecule has 2 aliphatic carbocycles. The van der Waals surface area contributed by atoms with Crippen molar-refractivity contribution in [1.29, 1.82) is 0 Å². The highest BCUT2D eigenvalue weighted by atomic mass is 127. The molecule has 2 saturated carbocycles. The average Bonchev–Trinajstić information content (AvgIpc) is 3.41. The van der Waals surface area contributed by atoms with Crippen LogP contribution in [0.25, 0.3) is 0 Å². The number of guanidine groups is 1. The molecule has 2 heterocycles. The van der Waals surface area contributed by atoms with Gasteiger partial charge in [-0.15, -0.1) is 24.0 Å². The first kappa shape index (κ1) is 20.1. The van der Waals surface area contributed by atoms with Crippen molar-refractivity contribution in [3.8, 4) is 11.5 Å². The van der Waals surface area contributed by atoms with Crippen LogP contribution < -0.4 is 14.8 Å². The van der Waals surface area contributed by atoms with Crippen molar-refractivity contribution in [3.63, 3.8) is 0 Å². The largest absolute Gasteiger partial charge is 0.454 e. The Morgan fingerprint density at radius 1 is 1.25 bits per heavy atom. The van der Waals surface area contributed by atoms with Crippen LogP contribution in [-0.2, 0) is 11.3 Å². The monoisotopic (exact) mass is 499 g/mol. The topological polar surface area (TPSA) is 55.3 Å². The molecular formula is C21H30IN3O3. The summed E-state index contributed by atoms with van der Waals surface area (Å²) in [5, 5.41) is 3.82. The number of aliphatic imine (C=N–C) groups is 1. The van der Waals surface area contributed by atoms with E-state index in [0.29, 0.717) is 30.3 Å². The number of benzene rings is 1. The summed E-state index contributed by atoms with van der Waals surface area (Å²) in [6.45, 7) is 2.01. The molecule has 0 radical (unpaired) electrons. The minimum Gasteiger partial charge on any atom is -0.454 e. The lowest BCUT2D eigenvalue weighted by Gasteiger charge is -2.57. The molecular weight excluding hydrogens is 469 g/mol. The molecule has 0 amide bonds. The molecule has 7 heteroatoms. The average molecular weight is 499 g/mol. The number of nitrogens with zero attached hydrogens (tertiary/aromatic N) is 2. The summed E-state index contributed by atoms with van der Waals surface area (Å²) in [5.41, 5.74) is 1.52. The van der Waals surface area contributed by atoms with Crippen molar-refractivity contribution in [2.24, 2.45) is 16.3 Å². The van der Waals surface area contributed by atoms with Gasteiger partial charge in [0.2, 0.25) is 6.79 Å². The quantitative estimate of drug-likeness (QED) is 0.393. The van der Waals surface area contributed by atoms with Crippen LogP contribution in [0.1, 0.15) is 37.7 Å². The van der Waals surface area contributed by atoms with Crippen molar-refractivity contribution in [3.05, 3.63) is 23.8 Å². The Balaban J connectivity index is 0.00000192. The second-order valence-corrected chi connectivity index (χ2v) is 8.40. The molecule has 0 bridgehead atoms. The van der Waals surface area contributed by atoms with Gasteiger partial charge in [-0.05, 0) is 37.0 Å². The fourth-order valence-corrected chi connectivity index (χ4v) is 5.78. The molecule has 2 aliphatic heterocycles. The Bertz CT molecular complexity index is 750. The number of ether oxygens (including phenoxy) is 3. The zero-order valence-electron chi connectivity index (χ0n) is 16.6. The van der Waals surface area contributed by atoms with Crippen LogP contribution >= 0.6 is 24.0 Å². The zero-order chi connectivity index (χ0) is 18.4. The van der Waals surface area contributed by atoms with E-state index >= 15 is 0 Å². The normalized spacial score (nSPS) is 29.2. The van der Waals surface area contributed by atoms with E-state index in [1.807, 2.05) is 13.1 Å². The van der Waals surface area contributed by atoms with Gasteiger partial charge in [0.15, 0.2) is 17.5 Å². The lowest BCUT2D eigenvalue weighted by molar-refractivity contribution is -0.125. The lowest BCUT2D eigenvalue weighted by atomic mass is 9.54. The second-order valence-electron chi connectivity index (χ2n) is 8.40. The molecule has 4 aliphatic rings. The first-order valence-corrected chi connectivity index (χ1v) is 10.2. The van der Waals surface area contributed by atoms with Crippen molar-refractivity contribution < 1.29 is 14.2 Å². The second kappa shape index (κ2) is 7.89. The molecule has 5 rings (SSSR count). The molecule has 1 aromatic rings. The molecule has 28 heavy (non-hydrogen) atoms. The predicted octanol–water partition coefficient (Wildman–Crippen LogP) is 3.39. The van der Waals surface area contributed by atoms with Crippen LogP contribution in [0.5, 0.6) is 11.5 Å². The van der Waals surface area contributed by atoms with Gasteiger partial charge in [-0.2, -0.15) is 0 Å². The SMILES string of the molecule is CN=C(NC1C2CCOC2C12CCCC2)N(C)Cc1ccc2c(c1)OCO2.I. The van der Waals surface area contributed by atoms with Crippen molar-refractivity contribution in [1.82, 2.24) is 10.2 Å². The Morgan fingerprint density at radius 2 is 2.04 bits per heavy atom. The number of hydrogen-bond acceptors (Lipinski definition) is 4. The van der Waals surface area contributed by atoms with E-state index in [1.165, 1.54) is 37.7 Å². The molecule has 3 unspecified atom stereocenters. The summed E-state index contributed by atoms with van der Waals surface area (Å²) in [5.74, 6) is 3.26. The third kappa shape index (κ3) is 3.14. The Hall–Kier alpha value is -1.22. The van der Waals surface area contributed by atoms with Gasteiger partial charge in [0.25, 0.3) is 0 Å². The van der Waals surface area contributed by atoms with E-state index in [9.17, 15) is 0 Å². The van der Waals surface area contributed by atoms with Gasteiger partial charge in [-0.25, -0.2) is 0 Å². The third-order valence-corrected chi connectivity index (χ3v) is 7.00. The molecule has 1 aromatic carbocycles. The molecule has 1 spiro atoms. The standard InChI is InChI=1S/C21H29N3O3.HI/c1-22-20(24(2)12-14-5-6-16-17(11-14)27-13-26-16)23-18-15-7-10-25-19(15)21(18)8-3-4-9-21;/h5-6,11,15,18-19H,3-4,7-10,12-13H2,1-2H3,(H,22,23);1H. The highest BCUT2D eigenvalue weighted by Crippen LogP contribution is 2.60. The molecule has 154 valence electrons. The van der Waals surface area contributed by atoms with Crippen LogP contribution in [0.15, 0.2) is 23.2 Å². The number of fused-ring (bicyclic) bond motifs is 3. The summed E-state index contributed by atoms with van der Waals surface area (Å²) < 4.78 is 17.0. The minimum absolute atomic E-state index is 0. The first-order valence-electron chi connectivity index (χ1n) is 10.2. The van der Waals surface area contributed by atoms with Crippen molar-refractivity contribution >= 4 is 29.9 Å². The third-order valence-electron chi connectivity index (χ3n) is 7.00. The minimum atomic E-state index is 0. The summed E-state index contributed by atoms with van der Waals surface area (Å²) in [6.07, 6.45) is 6.87. The van der Waals surface area contributed by atoms with Gasteiger partial charge >= 0.3 is 0 Å². The number of halogens is 1. The summed E-state index contributed by atoms with van der Waals surface area (Å²) in [7, 11) is 3.98. The molecule has 6 nitrogen and oxygen atoms in total. The van der Waals surface area contributed by atoms with Crippen LogP contribution in [0.3, 0.4) is 0 Å². The predicted molar refractivity (Wildman–Crippen MR) is 118 cm³/mol. The number of nitrogens with one attached hydrogen (secondary N) is 1. The zero-order valence-corrected chi connectivity index (χ0v) is 19.0. The highest BCUT2D eigenvalue weighted by Gasteiger charge is 2.65. The molecule has 1 saturated heterocycles. The van der Waals surface area contributed by atoms with Crippen molar-refractivity contribution in [2.45, 2.75) is 50.8 Å². The van der Waals surface area contributed by atoms with Gasteiger partial charge < -0.3 is 24.4 Å². The fraction of sp³-hybridized carbons (Fsp3) is 0.667.